The largest absolute Gasteiger partial charge is 0.330 e. The van der Waals surface area contributed by atoms with Crippen molar-refractivity contribution in [3.63, 3.8) is 0 Å². The number of nitrogens with zero attached hydrogens (tertiary/aromatic N) is 1. The van der Waals surface area contributed by atoms with Gasteiger partial charge >= 0.3 is 0 Å². The number of benzene rings is 1. The van der Waals surface area contributed by atoms with Crippen molar-refractivity contribution in [1.82, 2.24) is 4.90 Å². The van der Waals surface area contributed by atoms with Crippen LogP contribution < -0.4 is 11.1 Å². The summed E-state index contributed by atoms with van der Waals surface area (Å²) in [7, 11) is 2.15. The Labute approximate surface area is 114 Å². The van der Waals surface area contributed by atoms with E-state index in [0.717, 1.165) is 30.8 Å². The molecule has 3 N–H and O–H groups in total. The third-order valence-corrected chi connectivity index (χ3v) is 4.55. The van der Waals surface area contributed by atoms with Crippen molar-refractivity contribution in [2.45, 2.75) is 25.3 Å². The second-order valence-corrected chi connectivity index (χ2v) is 5.85. The number of anilines is 1. The SMILES string of the molecule is CC1C(=O)Nc2ccc(C3CC(CN)CN3C)cc21. The number of amides is 1. The number of hydrogen-bond donors (Lipinski definition) is 2. The number of rotatable bonds is 2. The van der Waals surface area contributed by atoms with Gasteiger partial charge in [-0.15, -0.1) is 0 Å². The summed E-state index contributed by atoms with van der Waals surface area (Å²) in [6.45, 7) is 3.78. The lowest BCUT2D eigenvalue weighted by atomic mass is 9.95. The highest BCUT2D eigenvalue weighted by Gasteiger charge is 2.32. The minimum atomic E-state index is -0.0352. The standard InChI is InChI=1S/C15H21N3O/c1-9-12-6-11(3-4-13(12)17-15(9)19)14-5-10(7-16)8-18(14)2/h3-4,6,9-10,14H,5,7-8,16H2,1-2H3,(H,17,19). The van der Waals surface area contributed by atoms with Crippen LogP contribution in [0.15, 0.2) is 18.2 Å². The van der Waals surface area contributed by atoms with Crippen LogP contribution in [-0.2, 0) is 4.79 Å². The van der Waals surface area contributed by atoms with Crippen LogP contribution in [0.4, 0.5) is 5.69 Å². The minimum Gasteiger partial charge on any atom is -0.330 e. The molecular formula is C15H21N3O. The second-order valence-electron chi connectivity index (χ2n) is 5.85. The zero-order valence-corrected chi connectivity index (χ0v) is 11.5. The summed E-state index contributed by atoms with van der Waals surface area (Å²) < 4.78 is 0. The van der Waals surface area contributed by atoms with Gasteiger partial charge in [-0.1, -0.05) is 12.1 Å². The van der Waals surface area contributed by atoms with Gasteiger partial charge in [0.15, 0.2) is 0 Å². The molecule has 2 aliphatic heterocycles. The monoisotopic (exact) mass is 259 g/mol. The number of fused-ring (bicyclic) bond motifs is 1. The molecule has 1 fully saturated rings. The molecule has 0 bridgehead atoms. The first-order valence-electron chi connectivity index (χ1n) is 6.95. The van der Waals surface area contributed by atoms with Gasteiger partial charge < -0.3 is 11.1 Å². The first-order chi connectivity index (χ1) is 9.10. The molecule has 4 heteroatoms. The summed E-state index contributed by atoms with van der Waals surface area (Å²) in [6, 6.07) is 6.80. The molecule has 0 radical (unpaired) electrons. The average molecular weight is 259 g/mol. The van der Waals surface area contributed by atoms with E-state index in [-0.39, 0.29) is 11.8 Å². The molecule has 3 atom stereocenters. The number of carbonyl (C=O) groups is 1. The number of nitrogens with two attached hydrogens (primary N) is 1. The molecule has 1 amide bonds. The maximum absolute atomic E-state index is 11.7. The van der Waals surface area contributed by atoms with Crippen molar-refractivity contribution >= 4 is 11.6 Å². The fourth-order valence-electron chi connectivity index (χ4n) is 3.31. The Kier molecular flexibility index (Phi) is 3.07. The van der Waals surface area contributed by atoms with Crippen LogP contribution in [0, 0.1) is 5.92 Å². The number of hydrogen-bond acceptors (Lipinski definition) is 3. The summed E-state index contributed by atoms with van der Waals surface area (Å²) in [5, 5.41) is 2.92. The van der Waals surface area contributed by atoms with Crippen molar-refractivity contribution in [1.29, 1.82) is 0 Å². The van der Waals surface area contributed by atoms with Crippen LogP contribution >= 0.6 is 0 Å². The van der Waals surface area contributed by atoms with E-state index >= 15 is 0 Å². The van der Waals surface area contributed by atoms with Crippen molar-refractivity contribution in [2.24, 2.45) is 11.7 Å². The van der Waals surface area contributed by atoms with Crippen LogP contribution in [-0.4, -0.2) is 30.9 Å². The van der Waals surface area contributed by atoms with E-state index in [0.29, 0.717) is 12.0 Å². The highest BCUT2D eigenvalue weighted by atomic mass is 16.2. The molecule has 102 valence electrons. The first kappa shape index (κ1) is 12.6. The molecule has 1 aromatic rings. The van der Waals surface area contributed by atoms with Crippen LogP contribution in [0.3, 0.4) is 0 Å². The van der Waals surface area contributed by atoms with E-state index in [1.54, 1.807) is 0 Å². The van der Waals surface area contributed by atoms with Gasteiger partial charge in [-0.05, 0) is 50.0 Å². The van der Waals surface area contributed by atoms with E-state index in [1.807, 2.05) is 13.0 Å². The first-order valence-corrected chi connectivity index (χ1v) is 6.95. The molecule has 4 nitrogen and oxygen atoms in total. The van der Waals surface area contributed by atoms with E-state index in [9.17, 15) is 4.79 Å². The molecule has 0 aliphatic carbocycles. The van der Waals surface area contributed by atoms with Gasteiger partial charge in [0.05, 0.1) is 5.92 Å². The van der Waals surface area contributed by atoms with E-state index < -0.39 is 0 Å². The lowest BCUT2D eigenvalue weighted by Crippen LogP contribution is -2.20. The third-order valence-electron chi connectivity index (χ3n) is 4.55. The quantitative estimate of drug-likeness (QED) is 0.850. The van der Waals surface area contributed by atoms with Gasteiger partial charge in [-0.3, -0.25) is 9.69 Å². The molecule has 2 heterocycles. The van der Waals surface area contributed by atoms with Gasteiger partial charge in [-0.2, -0.15) is 0 Å². The van der Waals surface area contributed by atoms with Crippen LogP contribution in [0.25, 0.3) is 0 Å². The fourth-order valence-corrected chi connectivity index (χ4v) is 3.31. The number of carbonyl (C=O) groups excluding carboxylic acids is 1. The maximum Gasteiger partial charge on any atom is 0.231 e. The summed E-state index contributed by atoms with van der Waals surface area (Å²) in [5.41, 5.74) is 9.19. The predicted octanol–water partition coefficient (Wildman–Crippen LogP) is 1.69. The molecule has 19 heavy (non-hydrogen) atoms. The Bertz CT molecular complexity index is 514. The highest BCUT2D eigenvalue weighted by molar-refractivity contribution is 6.02. The van der Waals surface area contributed by atoms with E-state index in [1.165, 1.54) is 5.56 Å². The normalized spacial score (nSPS) is 30.5. The summed E-state index contributed by atoms with van der Waals surface area (Å²) in [6.07, 6.45) is 1.11. The predicted molar refractivity (Wildman–Crippen MR) is 76.0 cm³/mol. The van der Waals surface area contributed by atoms with Gasteiger partial charge in [0.25, 0.3) is 0 Å². The van der Waals surface area contributed by atoms with Crippen molar-refractivity contribution in [3.8, 4) is 0 Å². The van der Waals surface area contributed by atoms with Crippen molar-refractivity contribution in [3.05, 3.63) is 29.3 Å². The molecule has 0 aromatic heterocycles. The Morgan fingerprint density at radius 3 is 2.95 bits per heavy atom. The average Bonchev–Trinajstić information content (AvgIpc) is 2.91. The fraction of sp³-hybridized carbons (Fsp3) is 0.533. The summed E-state index contributed by atoms with van der Waals surface area (Å²) >= 11 is 0. The van der Waals surface area contributed by atoms with Gasteiger partial charge in [0.2, 0.25) is 5.91 Å². The third kappa shape index (κ3) is 2.05. The molecule has 1 aromatic carbocycles. The molecular weight excluding hydrogens is 238 g/mol. The summed E-state index contributed by atoms with van der Waals surface area (Å²) in [5.74, 6) is 0.652. The number of nitrogens with one attached hydrogen (secondary N) is 1. The van der Waals surface area contributed by atoms with E-state index in [4.69, 9.17) is 5.73 Å². The minimum absolute atomic E-state index is 0.0352. The van der Waals surface area contributed by atoms with Crippen molar-refractivity contribution < 1.29 is 4.79 Å². The number of likely N-dealkylation sites (tertiary alicyclic amines) is 1. The Morgan fingerprint density at radius 2 is 2.26 bits per heavy atom. The van der Waals surface area contributed by atoms with Crippen LogP contribution in [0.1, 0.15) is 36.4 Å². The Hall–Kier alpha value is -1.39. The molecule has 1 saturated heterocycles. The molecule has 0 saturated carbocycles. The molecule has 3 rings (SSSR count). The lowest BCUT2D eigenvalue weighted by Gasteiger charge is -2.20. The molecule has 2 aliphatic rings. The molecule has 0 spiro atoms. The van der Waals surface area contributed by atoms with Crippen LogP contribution in [0.2, 0.25) is 0 Å². The molecule has 3 unspecified atom stereocenters. The smallest absolute Gasteiger partial charge is 0.231 e. The Morgan fingerprint density at radius 1 is 1.47 bits per heavy atom. The summed E-state index contributed by atoms with van der Waals surface area (Å²) in [4.78, 5) is 14.1. The lowest BCUT2D eigenvalue weighted by molar-refractivity contribution is -0.116. The van der Waals surface area contributed by atoms with Gasteiger partial charge in [0.1, 0.15) is 0 Å². The second kappa shape index (κ2) is 4.62. The zero-order valence-electron chi connectivity index (χ0n) is 11.5. The zero-order chi connectivity index (χ0) is 13.6. The van der Waals surface area contributed by atoms with Crippen LogP contribution in [0.5, 0.6) is 0 Å². The topological polar surface area (TPSA) is 58.4 Å². The van der Waals surface area contributed by atoms with E-state index in [2.05, 4.69) is 29.4 Å². The maximum atomic E-state index is 11.7. The van der Waals surface area contributed by atoms with Gasteiger partial charge in [-0.25, -0.2) is 0 Å². The van der Waals surface area contributed by atoms with Crippen molar-refractivity contribution in [2.75, 3.05) is 25.5 Å². The highest BCUT2D eigenvalue weighted by Crippen LogP contribution is 2.38. The van der Waals surface area contributed by atoms with Gasteiger partial charge in [0, 0.05) is 18.3 Å². The Balaban J connectivity index is 1.89.